The van der Waals surface area contributed by atoms with Gasteiger partial charge in [0.2, 0.25) is 0 Å². The van der Waals surface area contributed by atoms with Gasteiger partial charge in [-0.15, -0.1) is 6.54 Å². The largest absolute Gasteiger partial charge is 1.00 e. The van der Waals surface area contributed by atoms with E-state index in [1.165, 1.54) is 18.6 Å². The van der Waals surface area contributed by atoms with E-state index in [1.54, 1.807) is 20.8 Å². The van der Waals surface area contributed by atoms with E-state index in [-0.39, 0.29) is 41.8 Å². The van der Waals surface area contributed by atoms with Crippen LogP contribution in [0, 0.1) is 35.3 Å². The topological polar surface area (TPSA) is 106 Å². The average molecular weight is 353 g/mol. The van der Waals surface area contributed by atoms with Crippen LogP contribution < -0.4 is 28.5 Å². The van der Waals surface area contributed by atoms with Crippen molar-refractivity contribution in [1.29, 1.82) is 5.26 Å². The zero-order chi connectivity index (χ0) is 19.2. The number of nitrogens with zero attached hydrogens (tertiary/aromatic N) is 3. The summed E-state index contributed by atoms with van der Waals surface area (Å²) in [5, 5.41) is 19.8. The van der Waals surface area contributed by atoms with Crippen molar-refractivity contribution in [3.63, 3.8) is 0 Å². The molecule has 0 N–H and O–H groups in total. The van der Waals surface area contributed by atoms with Gasteiger partial charge < -0.3 is 33.0 Å². The molecule has 1 aromatic rings. The van der Waals surface area contributed by atoms with Gasteiger partial charge in [0.1, 0.15) is 17.4 Å². The summed E-state index contributed by atoms with van der Waals surface area (Å²) in [6, 6.07) is 4.43. The molecule has 1 atom stereocenters. The number of carbonyl (C=O) groups excluding carboxylic acids is 1. The fraction of sp³-hybridized carbons (Fsp3) is 0.412. The number of nitriles is 1. The Bertz CT molecular complexity index is 682. The van der Waals surface area contributed by atoms with Crippen LogP contribution in [-0.4, -0.2) is 36.2 Å². The number of fused-ring (bicyclic) bond motifs is 1. The molecular weight excluding hydrogens is 333 g/mol. The van der Waals surface area contributed by atoms with Gasteiger partial charge in [0.15, 0.2) is 0 Å². The summed E-state index contributed by atoms with van der Waals surface area (Å²) < 4.78 is 9.84. The van der Waals surface area contributed by atoms with Crippen LogP contribution in [0.2, 0.25) is 0 Å². The molecule has 0 unspecified atom stereocenters. The third kappa shape index (κ3) is 6.25. The first-order valence-corrected chi connectivity index (χ1v) is 7.44. The van der Waals surface area contributed by atoms with Gasteiger partial charge in [0, 0.05) is 0 Å². The average Bonchev–Trinajstić information content (AvgIpc) is 2.52. The van der Waals surface area contributed by atoms with Crippen molar-refractivity contribution in [1.82, 2.24) is 0 Å². The molecule has 8 nitrogen and oxygen atoms in total. The van der Waals surface area contributed by atoms with Gasteiger partial charge in [-0.25, -0.2) is 0 Å². The molecule has 1 aliphatic rings. The molecule has 136 valence electrons. The van der Waals surface area contributed by atoms with E-state index < -0.39 is 4.92 Å². The molecule has 2 rings (SSSR count). The maximum Gasteiger partial charge on any atom is 1.00 e. The summed E-state index contributed by atoms with van der Waals surface area (Å²) in [6.07, 6.45) is 0. The maximum atomic E-state index is 10.8. The molecule has 0 radical (unpaired) electrons. The second-order valence-electron chi connectivity index (χ2n) is 6.16. The Hall–Kier alpha value is -2.22. The van der Waals surface area contributed by atoms with Crippen LogP contribution in [0.15, 0.2) is 12.1 Å². The third-order valence-corrected chi connectivity index (χ3v) is 3.16. The molecule has 0 aliphatic carbocycles. The second-order valence-corrected chi connectivity index (χ2v) is 6.16. The molecule has 0 saturated carbocycles. The van der Waals surface area contributed by atoms with Gasteiger partial charge in [0.05, 0.1) is 28.9 Å². The van der Waals surface area contributed by atoms with Crippen molar-refractivity contribution in [2.24, 2.45) is 0 Å². The minimum atomic E-state index is -0.590. The summed E-state index contributed by atoms with van der Waals surface area (Å²) in [6.45, 7) is 15.2. The van der Waals surface area contributed by atoms with Crippen LogP contribution in [0.3, 0.4) is 0 Å². The molecule has 1 aliphatic heterocycles. The van der Waals surface area contributed by atoms with Crippen molar-refractivity contribution >= 4 is 17.8 Å². The van der Waals surface area contributed by atoms with Crippen LogP contribution in [0.25, 0.3) is 0 Å². The smallest absolute Gasteiger partial charge is 0.649 e. The Kier molecular flexibility index (Phi) is 9.20. The Balaban J connectivity index is 0.000000673. The van der Waals surface area contributed by atoms with Crippen molar-refractivity contribution in [3.8, 4) is 11.8 Å². The van der Waals surface area contributed by atoms with Crippen LogP contribution in [0.1, 0.15) is 26.3 Å². The van der Waals surface area contributed by atoms with Crippen LogP contribution in [0.5, 0.6) is 5.75 Å². The van der Waals surface area contributed by atoms with E-state index in [2.05, 4.69) is 18.6 Å². The first-order chi connectivity index (χ1) is 11.6. The minimum absolute atomic E-state index is 0. The van der Waals surface area contributed by atoms with Crippen LogP contribution in [0.4, 0.5) is 11.4 Å². The molecule has 9 heteroatoms. The van der Waals surface area contributed by atoms with Crippen molar-refractivity contribution in [2.75, 3.05) is 18.1 Å². The molecule has 1 heterocycles. The van der Waals surface area contributed by atoms with E-state index in [4.69, 9.17) is 10.00 Å². The summed E-state index contributed by atoms with van der Waals surface area (Å²) in [7, 11) is 0. The number of ether oxygens (including phenoxy) is 2. The second kappa shape index (κ2) is 10.1. The molecule has 26 heavy (non-hydrogen) atoms. The number of hydrogen-bond donors (Lipinski definition) is 0. The fourth-order valence-electron chi connectivity index (χ4n) is 2.04. The Morgan fingerprint density at radius 2 is 2.15 bits per heavy atom. The fourth-order valence-corrected chi connectivity index (χ4v) is 2.04. The zero-order valence-corrected chi connectivity index (χ0v) is 15.4. The van der Waals surface area contributed by atoms with Crippen molar-refractivity contribution in [3.05, 3.63) is 41.7 Å². The molecule has 0 saturated heterocycles. The Labute approximate surface area is 165 Å². The predicted molar refractivity (Wildman–Crippen MR) is 91.7 cm³/mol. The SMILES string of the molecule is CC(C)(C)O[C-]=O.[CH2-]CN1c2cc(C#N)c([N+](=O)[O-])cc2OC[C@@H]1[CH2-].[Li+]. The van der Waals surface area contributed by atoms with Gasteiger partial charge in [0.25, 0.3) is 5.69 Å². The van der Waals surface area contributed by atoms with E-state index in [0.717, 1.165) is 0 Å². The summed E-state index contributed by atoms with van der Waals surface area (Å²) in [5.74, 6) is 0.393. The Morgan fingerprint density at radius 1 is 1.54 bits per heavy atom. The molecule has 1 aromatic carbocycles. The van der Waals surface area contributed by atoms with Gasteiger partial charge in [-0.05, 0) is 26.8 Å². The number of benzene rings is 1. The Morgan fingerprint density at radius 3 is 2.54 bits per heavy atom. The maximum absolute atomic E-state index is 10.8. The zero-order valence-electron chi connectivity index (χ0n) is 15.4. The van der Waals surface area contributed by atoms with E-state index >= 15 is 0 Å². The minimum Gasteiger partial charge on any atom is -0.649 e. The molecule has 0 spiro atoms. The van der Waals surface area contributed by atoms with E-state index in [0.29, 0.717) is 24.6 Å². The number of hydrogen-bond acceptors (Lipinski definition) is 7. The molecular formula is C17H20LiN3O5-2. The monoisotopic (exact) mass is 353 g/mol. The molecule has 0 aromatic heterocycles. The quantitative estimate of drug-likeness (QED) is 0.314. The van der Waals surface area contributed by atoms with Crippen molar-refractivity contribution < 1.29 is 38.1 Å². The molecule has 0 bridgehead atoms. The normalized spacial score (nSPS) is 15.1. The standard InChI is InChI=1S/C12H11N3O3.C5H9O2.Li/c1-3-14-8(2)7-18-12-5-10(15(16)17)9(6-13)4-11(12)14;1-5(2,3)7-4-6;/h4-5,8H,1-3,7H2;1-3H3;/q-2;-1;+1/t8-;;/m0../s1. The summed E-state index contributed by atoms with van der Waals surface area (Å²) in [5.41, 5.74) is 0.0120. The van der Waals surface area contributed by atoms with Gasteiger partial charge in [-0.1, -0.05) is 12.5 Å². The first kappa shape index (κ1) is 23.8. The first-order valence-electron chi connectivity index (χ1n) is 7.44. The van der Waals surface area contributed by atoms with Gasteiger partial charge >= 0.3 is 18.9 Å². The van der Waals surface area contributed by atoms with Gasteiger partial charge in [-0.3, -0.25) is 10.1 Å². The molecule has 0 amide bonds. The summed E-state index contributed by atoms with van der Waals surface area (Å²) >= 11 is 0. The number of nitro groups is 1. The number of nitro benzene ring substituents is 1. The van der Waals surface area contributed by atoms with E-state index in [1.807, 2.05) is 11.0 Å². The number of rotatable bonds is 3. The van der Waals surface area contributed by atoms with Crippen LogP contribution in [-0.2, 0) is 9.53 Å². The number of anilines is 1. The van der Waals surface area contributed by atoms with Crippen molar-refractivity contribution in [2.45, 2.75) is 32.4 Å². The third-order valence-electron chi connectivity index (χ3n) is 3.16. The predicted octanol–water partition coefficient (Wildman–Crippen LogP) is -0.425. The van der Waals surface area contributed by atoms with Crippen LogP contribution >= 0.6 is 0 Å². The van der Waals surface area contributed by atoms with Gasteiger partial charge in [-0.2, -0.15) is 5.26 Å². The molecule has 0 fully saturated rings. The van der Waals surface area contributed by atoms with E-state index in [9.17, 15) is 14.9 Å². The summed E-state index contributed by atoms with van der Waals surface area (Å²) in [4.78, 5) is 21.6.